The molecule has 2 aromatic heterocycles. The lowest BCUT2D eigenvalue weighted by Gasteiger charge is -2.18. The number of rotatable bonds is 6. The molecule has 0 radical (unpaired) electrons. The van der Waals surface area contributed by atoms with E-state index >= 15 is 0 Å². The lowest BCUT2D eigenvalue weighted by atomic mass is 10.1. The first-order chi connectivity index (χ1) is 8.86. The minimum atomic E-state index is -0.0731. The minimum Gasteiger partial charge on any atom is -0.495 e. The molecule has 18 heavy (non-hydrogen) atoms. The van der Waals surface area contributed by atoms with E-state index in [2.05, 4.69) is 17.2 Å². The average Bonchev–Trinajstić information content (AvgIpc) is 2.94. The van der Waals surface area contributed by atoms with Crippen molar-refractivity contribution in [1.29, 1.82) is 0 Å². The Morgan fingerprint density at radius 3 is 2.94 bits per heavy atom. The quantitative estimate of drug-likeness (QED) is 0.851. The summed E-state index contributed by atoms with van der Waals surface area (Å²) < 4.78 is 10.8. The SMILES string of the molecule is CCCNC(c1ccco1)c1ncccc1OC. The van der Waals surface area contributed by atoms with Crippen LogP contribution in [0.2, 0.25) is 0 Å². The van der Waals surface area contributed by atoms with Gasteiger partial charge in [-0.15, -0.1) is 0 Å². The van der Waals surface area contributed by atoms with Crippen molar-refractivity contribution in [2.75, 3.05) is 13.7 Å². The number of nitrogens with one attached hydrogen (secondary N) is 1. The van der Waals surface area contributed by atoms with Gasteiger partial charge in [0.25, 0.3) is 0 Å². The molecule has 96 valence electrons. The molecule has 0 aliphatic rings. The Labute approximate surface area is 107 Å². The summed E-state index contributed by atoms with van der Waals surface area (Å²) in [6.07, 6.45) is 4.49. The molecule has 0 saturated heterocycles. The smallest absolute Gasteiger partial charge is 0.142 e. The van der Waals surface area contributed by atoms with Gasteiger partial charge in [0, 0.05) is 6.20 Å². The normalized spacial score (nSPS) is 12.3. The molecule has 4 nitrogen and oxygen atoms in total. The van der Waals surface area contributed by atoms with Crippen molar-refractivity contribution in [1.82, 2.24) is 10.3 Å². The lowest BCUT2D eigenvalue weighted by molar-refractivity contribution is 0.387. The third-order valence-electron chi connectivity index (χ3n) is 2.72. The largest absolute Gasteiger partial charge is 0.495 e. The zero-order valence-corrected chi connectivity index (χ0v) is 10.7. The molecule has 1 atom stereocenters. The van der Waals surface area contributed by atoms with Crippen LogP contribution in [0.3, 0.4) is 0 Å². The first kappa shape index (κ1) is 12.6. The second-order valence-electron chi connectivity index (χ2n) is 3.99. The summed E-state index contributed by atoms with van der Waals surface area (Å²) in [6.45, 7) is 3.02. The van der Waals surface area contributed by atoms with Gasteiger partial charge in [0.1, 0.15) is 23.2 Å². The van der Waals surface area contributed by atoms with E-state index in [0.29, 0.717) is 0 Å². The van der Waals surface area contributed by atoms with Crippen LogP contribution in [-0.4, -0.2) is 18.6 Å². The molecule has 1 N–H and O–H groups in total. The molecule has 0 saturated carbocycles. The number of nitrogens with zero attached hydrogens (tertiary/aromatic N) is 1. The number of aromatic nitrogens is 1. The van der Waals surface area contributed by atoms with E-state index in [0.717, 1.165) is 30.2 Å². The summed E-state index contributed by atoms with van der Waals surface area (Å²) in [5.41, 5.74) is 0.850. The molecule has 0 aromatic carbocycles. The fraction of sp³-hybridized carbons (Fsp3) is 0.357. The molecule has 1 unspecified atom stereocenters. The first-order valence-electron chi connectivity index (χ1n) is 6.12. The Hall–Kier alpha value is -1.81. The van der Waals surface area contributed by atoms with Gasteiger partial charge in [-0.25, -0.2) is 0 Å². The Morgan fingerprint density at radius 2 is 2.28 bits per heavy atom. The third-order valence-corrected chi connectivity index (χ3v) is 2.72. The molecule has 0 amide bonds. The molecule has 0 aliphatic carbocycles. The molecule has 0 aliphatic heterocycles. The van der Waals surface area contributed by atoms with Crippen LogP contribution >= 0.6 is 0 Å². The fourth-order valence-corrected chi connectivity index (χ4v) is 1.87. The van der Waals surface area contributed by atoms with Crippen LogP contribution in [0.4, 0.5) is 0 Å². The highest BCUT2D eigenvalue weighted by Gasteiger charge is 2.21. The van der Waals surface area contributed by atoms with E-state index in [1.165, 1.54) is 0 Å². The van der Waals surface area contributed by atoms with Gasteiger partial charge in [-0.3, -0.25) is 4.98 Å². The Kier molecular flexibility index (Phi) is 4.36. The van der Waals surface area contributed by atoms with E-state index in [-0.39, 0.29) is 6.04 Å². The maximum absolute atomic E-state index is 5.49. The molecule has 2 heterocycles. The van der Waals surface area contributed by atoms with E-state index in [1.54, 1.807) is 19.6 Å². The van der Waals surface area contributed by atoms with Crippen LogP contribution in [0, 0.1) is 0 Å². The molecule has 2 rings (SSSR count). The summed E-state index contributed by atoms with van der Waals surface area (Å²) >= 11 is 0. The van der Waals surface area contributed by atoms with Crippen molar-refractivity contribution in [2.24, 2.45) is 0 Å². The lowest BCUT2D eigenvalue weighted by Crippen LogP contribution is -2.24. The molecule has 0 fully saturated rings. The zero-order chi connectivity index (χ0) is 12.8. The number of hydrogen-bond donors (Lipinski definition) is 1. The minimum absolute atomic E-state index is 0.0731. The summed E-state index contributed by atoms with van der Waals surface area (Å²) in [5.74, 6) is 1.61. The second kappa shape index (κ2) is 6.21. The topological polar surface area (TPSA) is 47.3 Å². The van der Waals surface area contributed by atoms with Gasteiger partial charge >= 0.3 is 0 Å². The highest BCUT2D eigenvalue weighted by molar-refractivity contribution is 5.33. The highest BCUT2D eigenvalue weighted by Crippen LogP contribution is 2.28. The van der Waals surface area contributed by atoms with E-state index in [4.69, 9.17) is 9.15 Å². The van der Waals surface area contributed by atoms with E-state index < -0.39 is 0 Å². The molecule has 0 spiro atoms. The number of methoxy groups -OCH3 is 1. The van der Waals surface area contributed by atoms with E-state index in [1.807, 2.05) is 24.3 Å². The Morgan fingerprint density at radius 1 is 1.39 bits per heavy atom. The predicted molar refractivity (Wildman–Crippen MR) is 69.6 cm³/mol. The third kappa shape index (κ3) is 2.71. The summed E-state index contributed by atoms with van der Waals surface area (Å²) in [6, 6.07) is 7.52. The van der Waals surface area contributed by atoms with Crippen molar-refractivity contribution in [3.8, 4) is 5.75 Å². The van der Waals surface area contributed by atoms with Crippen LogP contribution in [0.15, 0.2) is 41.1 Å². The maximum atomic E-state index is 5.49. The number of ether oxygens (including phenoxy) is 1. The summed E-state index contributed by atoms with van der Waals surface area (Å²) in [5, 5.41) is 3.43. The summed E-state index contributed by atoms with van der Waals surface area (Å²) in [7, 11) is 1.65. The van der Waals surface area contributed by atoms with Crippen molar-refractivity contribution < 1.29 is 9.15 Å². The van der Waals surface area contributed by atoms with Gasteiger partial charge in [0.05, 0.1) is 13.4 Å². The van der Waals surface area contributed by atoms with Gasteiger partial charge in [-0.1, -0.05) is 6.92 Å². The molecular weight excluding hydrogens is 228 g/mol. The molecule has 2 aromatic rings. The maximum Gasteiger partial charge on any atom is 0.142 e. The predicted octanol–water partition coefficient (Wildman–Crippen LogP) is 2.77. The van der Waals surface area contributed by atoms with Gasteiger partial charge in [-0.05, 0) is 37.2 Å². The van der Waals surface area contributed by atoms with Crippen molar-refractivity contribution in [2.45, 2.75) is 19.4 Å². The standard InChI is InChI=1S/C14H18N2O2/c1-3-8-15-14(12-7-5-10-18-12)13-11(17-2)6-4-9-16-13/h4-7,9-10,14-15H,3,8H2,1-2H3. The summed E-state index contributed by atoms with van der Waals surface area (Å²) in [4.78, 5) is 4.41. The zero-order valence-electron chi connectivity index (χ0n) is 10.7. The molecule has 0 bridgehead atoms. The van der Waals surface area contributed by atoms with Gasteiger partial charge in [0.2, 0.25) is 0 Å². The van der Waals surface area contributed by atoms with Crippen molar-refractivity contribution in [3.05, 3.63) is 48.2 Å². The van der Waals surface area contributed by atoms with Gasteiger partial charge < -0.3 is 14.5 Å². The fourth-order valence-electron chi connectivity index (χ4n) is 1.87. The number of furan rings is 1. The Balaban J connectivity index is 2.33. The highest BCUT2D eigenvalue weighted by atomic mass is 16.5. The average molecular weight is 246 g/mol. The van der Waals surface area contributed by atoms with E-state index in [9.17, 15) is 0 Å². The second-order valence-corrected chi connectivity index (χ2v) is 3.99. The Bertz CT molecular complexity index is 468. The van der Waals surface area contributed by atoms with Crippen LogP contribution in [0.1, 0.15) is 30.8 Å². The van der Waals surface area contributed by atoms with Crippen molar-refractivity contribution >= 4 is 0 Å². The van der Waals surface area contributed by atoms with Crippen LogP contribution in [0.25, 0.3) is 0 Å². The van der Waals surface area contributed by atoms with Gasteiger partial charge in [0.15, 0.2) is 0 Å². The molecular formula is C14H18N2O2. The van der Waals surface area contributed by atoms with Crippen LogP contribution in [-0.2, 0) is 0 Å². The molecule has 4 heteroatoms. The van der Waals surface area contributed by atoms with Gasteiger partial charge in [-0.2, -0.15) is 0 Å². The first-order valence-corrected chi connectivity index (χ1v) is 6.12. The van der Waals surface area contributed by atoms with Crippen LogP contribution in [0.5, 0.6) is 5.75 Å². The van der Waals surface area contributed by atoms with Crippen molar-refractivity contribution in [3.63, 3.8) is 0 Å². The number of hydrogen-bond acceptors (Lipinski definition) is 4. The monoisotopic (exact) mass is 246 g/mol. The van der Waals surface area contributed by atoms with Crippen LogP contribution < -0.4 is 10.1 Å². The number of pyridine rings is 1.